The number of rotatable bonds is 5. The Balaban J connectivity index is 1.45. The molecule has 1 saturated carbocycles. The lowest BCUT2D eigenvalue weighted by Gasteiger charge is -2.31. The van der Waals surface area contributed by atoms with Crippen LogP contribution in [0.15, 0.2) is 18.2 Å². The molecule has 2 heterocycles. The van der Waals surface area contributed by atoms with Gasteiger partial charge in [0, 0.05) is 19.0 Å². The molecule has 3 aliphatic rings. The lowest BCUT2D eigenvalue weighted by Crippen LogP contribution is -2.43. The SMILES string of the molecule is CCN1CCC(c2ccc(C(F)(F)C3CCN(C(=O)C4(C(F)(F)F)CC4)C3)c(F)c2)CC1. The number of carbonyl (C=O) groups excluding carboxylic acids is 1. The number of nitrogens with zero attached hydrogens (tertiary/aromatic N) is 2. The molecule has 1 amide bonds. The summed E-state index contributed by atoms with van der Waals surface area (Å²) in [7, 11) is 0. The molecule has 32 heavy (non-hydrogen) atoms. The average Bonchev–Trinajstić information content (AvgIpc) is 3.43. The Morgan fingerprint density at radius 2 is 1.72 bits per heavy atom. The molecule has 4 rings (SSSR count). The van der Waals surface area contributed by atoms with E-state index in [1.54, 1.807) is 6.07 Å². The van der Waals surface area contributed by atoms with Crippen molar-refractivity contribution in [2.75, 3.05) is 32.7 Å². The number of likely N-dealkylation sites (tertiary alicyclic amines) is 2. The molecule has 1 atom stereocenters. The van der Waals surface area contributed by atoms with Crippen LogP contribution in [0.25, 0.3) is 0 Å². The summed E-state index contributed by atoms with van der Waals surface area (Å²) >= 11 is 0. The van der Waals surface area contributed by atoms with Gasteiger partial charge in [-0.25, -0.2) is 13.2 Å². The highest BCUT2D eigenvalue weighted by Gasteiger charge is 2.69. The molecular weight excluding hydrogens is 434 g/mol. The first-order valence-electron chi connectivity index (χ1n) is 11.3. The number of amides is 1. The summed E-state index contributed by atoms with van der Waals surface area (Å²) < 4.78 is 84.8. The maximum atomic E-state index is 15.2. The molecule has 1 aromatic carbocycles. The van der Waals surface area contributed by atoms with E-state index < -0.39 is 47.3 Å². The second kappa shape index (κ2) is 8.22. The second-order valence-electron chi connectivity index (χ2n) is 9.39. The Hall–Kier alpha value is -1.77. The second-order valence-corrected chi connectivity index (χ2v) is 9.39. The molecule has 178 valence electrons. The summed E-state index contributed by atoms with van der Waals surface area (Å²) in [4.78, 5) is 15.6. The van der Waals surface area contributed by atoms with Gasteiger partial charge in [-0.1, -0.05) is 13.0 Å². The monoisotopic (exact) mass is 462 g/mol. The Morgan fingerprint density at radius 1 is 1.06 bits per heavy atom. The van der Waals surface area contributed by atoms with Crippen molar-refractivity contribution in [2.24, 2.45) is 11.3 Å². The number of alkyl halides is 5. The minimum Gasteiger partial charge on any atom is -0.341 e. The highest BCUT2D eigenvalue weighted by Crippen LogP contribution is 2.59. The number of hydrogen-bond donors (Lipinski definition) is 0. The lowest BCUT2D eigenvalue weighted by molar-refractivity contribution is -0.198. The zero-order valence-corrected chi connectivity index (χ0v) is 18.0. The Morgan fingerprint density at radius 3 is 2.25 bits per heavy atom. The third-order valence-electron chi connectivity index (χ3n) is 7.55. The van der Waals surface area contributed by atoms with Crippen molar-refractivity contribution in [1.29, 1.82) is 0 Å². The van der Waals surface area contributed by atoms with Gasteiger partial charge in [-0.15, -0.1) is 0 Å². The van der Waals surface area contributed by atoms with E-state index >= 15 is 8.78 Å². The molecule has 1 aliphatic carbocycles. The zero-order chi connectivity index (χ0) is 23.3. The van der Waals surface area contributed by atoms with Crippen LogP contribution in [-0.4, -0.2) is 54.6 Å². The van der Waals surface area contributed by atoms with Gasteiger partial charge in [0.05, 0.1) is 5.56 Å². The van der Waals surface area contributed by atoms with E-state index in [2.05, 4.69) is 11.8 Å². The van der Waals surface area contributed by atoms with Crippen molar-refractivity contribution >= 4 is 5.91 Å². The summed E-state index contributed by atoms with van der Waals surface area (Å²) in [6.45, 7) is 4.10. The van der Waals surface area contributed by atoms with Gasteiger partial charge in [-0.2, -0.15) is 13.2 Å². The smallest absolute Gasteiger partial charge is 0.341 e. The first kappa shape index (κ1) is 23.4. The topological polar surface area (TPSA) is 23.6 Å². The molecule has 0 bridgehead atoms. The van der Waals surface area contributed by atoms with Crippen LogP contribution in [0.1, 0.15) is 56.1 Å². The fraction of sp³-hybridized carbons (Fsp3) is 0.696. The predicted octanol–water partition coefficient (Wildman–Crippen LogP) is 5.31. The molecule has 2 saturated heterocycles. The molecule has 0 aromatic heterocycles. The number of halogens is 6. The van der Waals surface area contributed by atoms with Gasteiger partial charge in [0.2, 0.25) is 5.91 Å². The van der Waals surface area contributed by atoms with E-state index in [1.807, 2.05) is 0 Å². The maximum absolute atomic E-state index is 15.2. The predicted molar refractivity (Wildman–Crippen MR) is 107 cm³/mol. The van der Waals surface area contributed by atoms with Gasteiger partial charge in [-0.3, -0.25) is 4.79 Å². The van der Waals surface area contributed by atoms with Crippen molar-refractivity contribution < 1.29 is 31.1 Å². The van der Waals surface area contributed by atoms with Gasteiger partial charge < -0.3 is 9.80 Å². The maximum Gasteiger partial charge on any atom is 0.403 e. The lowest BCUT2D eigenvalue weighted by atomic mass is 9.87. The van der Waals surface area contributed by atoms with Crippen molar-refractivity contribution in [3.8, 4) is 0 Å². The molecule has 2 aliphatic heterocycles. The van der Waals surface area contributed by atoms with Gasteiger partial charge in [0.15, 0.2) is 0 Å². The van der Waals surface area contributed by atoms with Crippen LogP contribution in [0.4, 0.5) is 26.3 Å². The van der Waals surface area contributed by atoms with Crippen LogP contribution < -0.4 is 0 Å². The number of hydrogen-bond acceptors (Lipinski definition) is 2. The van der Waals surface area contributed by atoms with E-state index in [1.165, 1.54) is 6.07 Å². The van der Waals surface area contributed by atoms with Gasteiger partial charge in [0.1, 0.15) is 11.2 Å². The van der Waals surface area contributed by atoms with Crippen LogP contribution in [0, 0.1) is 17.2 Å². The number of benzene rings is 1. The standard InChI is InChI=1S/C23H28F6N2O/c1-2-30-10-5-15(6-11-30)16-3-4-18(19(24)13-16)22(25,26)17-7-12-31(14-17)20(32)21(8-9-21)23(27,28)29/h3-4,13,15,17H,2,5-12,14H2,1H3. The summed E-state index contributed by atoms with van der Waals surface area (Å²) in [5.41, 5.74) is -2.47. The first-order chi connectivity index (χ1) is 15.0. The quantitative estimate of drug-likeness (QED) is 0.554. The molecule has 0 radical (unpaired) electrons. The normalized spacial score (nSPS) is 24.7. The molecule has 9 heteroatoms. The summed E-state index contributed by atoms with van der Waals surface area (Å²) in [6.07, 6.45) is -3.78. The fourth-order valence-corrected chi connectivity index (χ4v) is 5.14. The Kier molecular flexibility index (Phi) is 6.01. The van der Waals surface area contributed by atoms with Crippen molar-refractivity contribution in [3.05, 3.63) is 35.1 Å². The van der Waals surface area contributed by atoms with Crippen LogP contribution >= 0.6 is 0 Å². The van der Waals surface area contributed by atoms with E-state index in [4.69, 9.17) is 0 Å². The fourth-order valence-electron chi connectivity index (χ4n) is 5.14. The van der Waals surface area contributed by atoms with E-state index in [9.17, 15) is 22.4 Å². The molecule has 1 aromatic rings. The third-order valence-corrected chi connectivity index (χ3v) is 7.55. The molecule has 3 nitrogen and oxygen atoms in total. The Labute approximate surface area is 183 Å². The third kappa shape index (κ3) is 4.01. The summed E-state index contributed by atoms with van der Waals surface area (Å²) in [5, 5.41) is 0. The van der Waals surface area contributed by atoms with Crippen LogP contribution in [0.3, 0.4) is 0 Å². The van der Waals surface area contributed by atoms with Crippen LogP contribution in [-0.2, 0) is 10.7 Å². The van der Waals surface area contributed by atoms with E-state index in [-0.39, 0.29) is 31.7 Å². The van der Waals surface area contributed by atoms with Crippen molar-refractivity contribution in [1.82, 2.24) is 9.80 Å². The summed E-state index contributed by atoms with van der Waals surface area (Å²) in [5.74, 6) is -6.99. The minimum absolute atomic E-state index is 0.117. The largest absolute Gasteiger partial charge is 0.403 e. The molecule has 0 spiro atoms. The number of carbonyl (C=O) groups is 1. The van der Waals surface area contributed by atoms with Gasteiger partial charge >= 0.3 is 6.18 Å². The summed E-state index contributed by atoms with van der Waals surface area (Å²) in [6, 6.07) is 3.83. The molecule has 1 unspecified atom stereocenters. The highest BCUT2D eigenvalue weighted by atomic mass is 19.4. The van der Waals surface area contributed by atoms with E-state index in [0.717, 1.165) is 43.4 Å². The minimum atomic E-state index is -4.68. The Bertz CT molecular complexity index is 859. The van der Waals surface area contributed by atoms with Crippen LogP contribution in [0.2, 0.25) is 0 Å². The van der Waals surface area contributed by atoms with Crippen molar-refractivity contribution in [2.45, 2.75) is 57.0 Å². The molecule has 0 N–H and O–H groups in total. The first-order valence-corrected chi connectivity index (χ1v) is 11.3. The number of piperidine rings is 1. The highest BCUT2D eigenvalue weighted by molar-refractivity contribution is 5.86. The van der Waals surface area contributed by atoms with E-state index in [0.29, 0.717) is 5.56 Å². The van der Waals surface area contributed by atoms with Crippen molar-refractivity contribution in [3.63, 3.8) is 0 Å². The van der Waals surface area contributed by atoms with Gasteiger partial charge in [0.25, 0.3) is 5.92 Å². The van der Waals surface area contributed by atoms with Gasteiger partial charge in [-0.05, 0) is 75.4 Å². The average molecular weight is 462 g/mol. The van der Waals surface area contributed by atoms with Crippen LogP contribution in [0.5, 0.6) is 0 Å². The molecular formula is C23H28F6N2O. The zero-order valence-electron chi connectivity index (χ0n) is 18.0. The molecule has 3 fully saturated rings.